The van der Waals surface area contributed by atoms with Gasteiger partial charge in [0, 0.05) is 6.54 Å². The number of ether oxygens (including phenoxy) is 1. The van der Waals surface area contributed by atoms with Crippen molar-refractivity contribution in [3.8, 4) is 0 Å². The number of carbonyl (C=O) groups is 2. The summed E-state index contributed by atoms with van der Waals surface area (Å²) in [6, 6.07) is 28.0. The van der Waals surface area contributed by atoms with Crippen molar-refractivity contribution in [3.05, 3.63) is 108 Å². The Morgan fingerprint density at radius 3 is 1.85 bits per heavy atom. The summed E-state index contributed by atoms with van der Waals surface area (Å²) in [6.07, 6.45) is 0. The fraction of sp³-hybridized carbons (Fsp3) is 0.130. The Bertz CT molecular complexity index is 808. The molecule has 3 aromatic carbocycles. The van der Waals surface area contributed by atoms with E-state index in [-0.39, 0.29) is 12.5 Å². The molecular weight excluding hydrogens is 338 g/mol. The Hall–Kier alpha value is -3.40. The predicted octanol–water partition coefficient (Wildman–Crippen LogP) is 3.83. The standard InChI is InChI=1S/C23H21NO3/c25-22(24-16-18-10-4-1-5-11-18)21(20-14-8-3-9-15-20)23(26)27-17-19-12-6-2-7-13-19/h1-15,21H,16-17H2,(H,24,25). The lowest BCUT2D eigenvalue weighted by atomic mass is 9.98. The van der Waals surface area contributed by atoms with Gasteiger partial charge in [-0.1, -0.05) is 91.0 Å². The monoisotopic (exact) mass is 359 g/mol. The highest BCUT2D eigenvalue weighted by Crippen LogP contribution is 2.19. The summed E-state index contributed by atoms with van der Waals surface area (Å²) in [4.78, 5) is 25.4. The molecule has 1 amide bonds. The fourth-order valence-electron chi connectivity index (χ4n) is 2.74. The smallest absolute Gasteiger partial charge is 0.323 e. The van der Waals surface area contributed by atoms with Crippen LogP contribution in [0.1, 0.15) is 22.6 Å². The maximum Gasteiger partial charge on any atom is 0.323 e. The number of hydrogen-bond acceptors (Lipinski definition) is 3. The molecule has 1 N–H and O–H groups in total. The third kappa shape index (κ3) is 5.28. The zero-order valence-corrected chi connectivity index (χ0v) is 14.9. The van der Waals surface area contributed by atoms with Gasteiger partial charge in [0.25, 0.3) is 0 Å². The lowest BCUT2D eigenvalue weighted by Crippen LogP contribution is -2.34. The van der Waals surface area contributed by atoms with Gasteiger partial charge in [-0.25, -0.2) is 0 Å². The molecule has 0 heterocycles. The number of nitrogens with one attached hydrogen (secondary N) is 1. The van der Waals surface area contributed by atoms with Crippen molar-refractivity contribution in [1.29, 1.82) is 0 Å². The molecule has 27 heavy (non-hydrogen) atoms. The first-order valence-electron chi connectivity index (χ1n) is 8.81. The lowest BCUT2D eigenvalue weighted by molar-refractivity contribution is -0.150. The van der Waals surface area contributed by atoms with Gasteiger partial charge in [0.15, 0.2) is 5.92 Å². The molecule has 4 nitrogen and oxygen atoms in total. The number of benzene rings is 3. The first-order valence-corrected chi connectivity index (χ1v) is 8.81. The minimum absolute atomic E-state index is 0.134. The van der Waals surface area contributed by atoms with E-state index in [0.717, 1.165) is 11.1 Å². The largest absolute Gasteiger partial charge is 0.460 e. The first kappa shape index (κ1) is 18.4. The number of carbonyl (C=O) groups excluding carboxylic acids is 2. The van der Waals surface area contributed by atoms with Crippen molar-refractivity contribution in [3.63, 3.8) is 0 Å². The second-order valence-corrected chi connectivity index (χ2v) is 6.14. The van der Waals surface area contributed by atoms with Gasteiger partial charge >= 0.3 is 5.97 Å². The van der Waals surface area contributed by atoms with Crippen LogP contribution in [0.25, 0.3) is 0 Å². The summed E-state index contributed by atoms with van der Waals surface area (Å²) in [7, 11) is 0. The maximum absolute atomic E-state index is 12.8. The molecule has 1 atom stereocenters. The molecule has 3 aromatic rings. The molecule has 0 aliphatic rings. The van der Waals surface area contributed by atoms with Crippen molar-refractivity contribution >= 4 is 11.9 Å². The van der Waals surface area contributed by atoms with E-state index in [1.807, 2.05) is 66.7 Å². The third-order valence-electron chi connectivity index (χ3n) is 4.16. The second-order valence-electron chi connectivity index (χ2n) is 6.14. The summed E-state index contributed by atoms with van der Waals surface area (Å²) in [6.45, 7) is 0.490. The lowest BCUT2D eigenvalue weighted by Gasteiger charge is -2.16. The van der Waals surface area contributed by atoms with Crippen LogP contribution in [0.4, 0.5) is 0 Å². The molecule has 0 bridgehead atoms. The highest BCUT2D eigenvalue weighted by atomic mass is 16.5. The highest BCUT2D eigenvalue weighted by molar-refractivity contribution is 6.03. The van der Waals surface area contributed by atoms with Gasteiger partial charge in [-0.2, -0.15) is 0 Å². The van der Waals surface area contributed by atoms with Crippen LogP contribution in [0.5, 0.6) is 0 Å². The van der Waals surface area contributed by atoms with Crippen LogP contribution in [-0.4, -0.2) is 11.9 Å². The normalized spacial score (nSPS) is 11.4. The molecular formula is C23H21NO3. The Labute approximate surface area is 158 Å². The molecule has 1 unspecified atom stereocenters. The molecule has 0 fully saturated rings. The summed E-state index contributed by atoms with van der Waals surface area (Å²) in [5, 5.41) is 2.84. The highest BCUT2D eigenvalue weighted by Gasteiger charge is 2.29. The van der Waals surface area contributed by atoms with E-state index in [9.17, 15) is 9.59 Å². The van der Waals surface area contributed by atoms with Gasteiger partial charge in [0.05, 0.1) is 0 Å². The van der Waals surface area contributed by atoms with E-state index in [4.69, 9.17) is 4.74 Å². The minimum Gasteiger partial charge on any atom is -0.460 e. The first-order chi connectivity index (χ1) is 13.2. The van der Waals surface area contributed by atoms with E-state index < -0.39 is 11.9 Å². The van der Waals surface area contributed by atoms with Crippen LogP contribution in [-0.2, 0) is 27.5 Å². The van der Waals surface area contributed by atoms with Crippen molar-refractivity contribution in [2.75, 3.05) is 0 Å². The summed E-state index contributed by atoms with van der Waals surface area (Å²) in [5.74, 6) is -1.93. The van der Waals surface area contributed by atoms with Crippen LogP contribution in [0.3, 0.4) is 0 Å². The van der Waals surface area contributed by atoms with E-state index >= 15 is 0 Å². The topological polar surface area (TPSA) is 55.4 Å². The van der Waals surface area contributed by atoms with Crippen molar-refractivity contribution in [2.45, 2.75) is 19.1 Å². The van der Waals surface area contributed by atoms with Crippen LogP contribution >= 0.6 is 0 Å². The van der Waals surface area contributed by atoms with E-state index in [2.05, 4.69) is 5.32 Å². The molecule has 136 valence electrons. The van der Waals surface area contributed by atoms with Gasteiger partial charge in [-0.05, 0) is 16.7 Å². The molecule has 0 aliphatic heterocycles. The molecule has 0 radical (unpaired) electrons. The summed E-state index contributed by atoms with van der Waals surface area (Å²) in [5.41, 5.74) is 2.46. The average molecular weight is 359 g/mol. The molecule has 0 saturated carbocycles. The Balaban J connectivity index is 1.70. The fourth-order valence-corrected chi connectivity index (χ4v) is 2.74. The number of rotatable bonds is 7. The van der Waals surface area contributed by atoms with E-state index in [1.165, 1.54) is 0 Å². The molecule has 0 saturated heterocycles. The zero-order valence-electron chi connectivity index (χ0n) is 14.9. The predicted molar refractivity (Wildman–Crippen MR) is 104 cm³/mol. The van der Waals surface area contributed by atoms with Crippen LogP contribution in [0.2, 0.25) is 0 Å². The van der Waals surface area contributed by atoms with Gasteiger partial charge in [-0.3, -0.25) is 9.59 Å². The average Bonchev–Trinajstić information content (AvgIpc) is 2.73. The van der Waals surface area contributed by atoms with Crippen molar-refractivity contribution < 1.29 is 14.3 Å². The maximum atomic E-state index is 12.8. The van der Waals surface area contributed by atoms with E-state index in [1.54, 1.807) is 24.3 Å². The minimum atomic E-state index is -1.00. The van der Waals surface area contributed by atoms with Gasteiger partial charge in [-0.15, -0.1) is 0 Å². The van der Waals surface area contributed by atoms with Gasteiger partial charge in [0.2, 0.25) is 5.91 Å². The molecule has 4 heteroatoms. The zero-order chi connectivity index (χ0) is 18.9. The third-order valence-corrected chi connectivity index (χ3v) is 4.16. The Morgan fingerprint density at radius 1 is 0.741 bits per heavy atom. The molecule has 3 rings (SSSR count). The molecule has 0 spiro atoms. The number of amides is 1. The van der Waals surface area contributed by atoms with Crippen molar-refractivity contribution in [1.82, 2.24) is 5.32 Å². The summed E-state index contributed by atoms with van der Waals surface area (Å²) < 4.78 is 5.42. The van der Waals surface area contributed by atoms with Crippen LogP contribution in [0, 0.1) is 0 Å². The second kappa shape index (κ2) is 9.34. The molecule has 0 aromatic heterocycles. The van der Waals surface area contributed by atoms with E-state index in [0.29, 0.717) is 12.1 Å². The Morgan fingerprint density at radius 2 is 1.26 bits per heavy atom. The van der Waals surface area contributed by atoms with Crippen molar-refractivity contribution in [2.24, 2.45) is 0 Å². The summed E-state index contributed by atoms with van der Waals surface area (Å²) >= 11 is 0. The SMILES string of the molecule is O=C(NCc1ccccc1)C(C(=O)OCc1ccccc1)c1ccccc1. The van der Waals surface area contributed by atoms with Gasteiger partial charge in [0.1, 0.15) is 6.61 Å². The number of hydrogen-bond donors (Lipinski definition) is 1. The quantitative estimate of drug-likeness (QED) is 0.515. The van der Waals surface area contributed by atoms with Crippen LogP contribution in [0.15, 0.2) is 91.0 Å². The molecule has 0 aliphatic carbocycles. The Kier molecular flexibility index (Phi) is 6.36. The van der Waals surface area contributed by atoms with Gasteiger partial charge < -0.3 is 10.1 Å². The number of esters is 1. The van der Waals surface area contributed by atoms with Crippen LogP contribution < -0.4 is 5.32 Å².